The molecule has 28 heteroatoms. The Labute approximate surface area is 345 Å². The number of hydrogen-bond donors (Lipinski definition) is 0. The number of nitrogens with zero attached hydrogens (tertiary/aromatic N) is 2. The van der Waals surface area contributed by atoms with Gasteiger partial charge in [-0.1, -0.05) is 22.3 Å². The highest BCUT2D eigenvalue weighted by molar-refractivity contribution is 6.22. The molecule has 10 nitrogen and oxygen atoms in total. The quantitative estimate of drug-likeness (QED) is 0.138. The molecule has 0 atom stereocenters. The lowest BCUT2D eigenvalue weighted by Gasteiger charge is -2.38. The summed E-state index contributed by atoms with van der Waals surface area (Å²) in [7, 11) is 0. The van der Waals surface area contributed by atoms with Crippen LogP contribution in [0.3, 0.4) is 0 Å². The molecular formula is C37H12F18N2O8. The van der Waals surface area contributed by atoms with Crippen molar-refractivity contribution in [2.24, 2.45) is 0 Å². The molecule has 0 fully saturated rings. The van der Waals surface area contributed by atoms with Crippen molar-refractivity contribution in [3.63, 3.8) is 0 Å². The van der Waals surface area contributed by atoms with Crippen molar-refractivity contribution < 1.29 is 117 Å². The van der Waals surface area contributed by atoms with E-state index in [2.05, 4.69) is 9.68 Å². The molecule has 4 aromatic carbocycles. The van der Waals surface area contributed by atoms with E-state index in [4.69, 9.17) is 0 Å². The first-order valence-electron chi connectivity index (χ1n) is 16.7. The van der Waals surface area contributed by atoms with E-state index in [1.54, 1.807) is 0 Å². The lowest BCUT2D eigenvalue weighted by atomic mass is 9.71. The Bertz CT molecular complexity index is 2480. The number of carbonyl (C=O) groups excluding carboxylic acids is 6. The van der Waals surface area contributed by atoms with Crippen LogP contribution >= 0.6 is 0 Å². The van der Waals surface area contributed by atoms with Gasteiger partial charge in [0.15, 0.2) is 0 Å². The molecule has 0 N–H and O–H groups in total. The number of halogens is 18. The summed E-state index contributed by atoms with van der Waals surface area (Å²) >= 11 is 0. The first-order chi connectivity index (χ1) is 29.5. The maximum Gasteiger partial charge on any atom is 0.416 e. The minimum atomic E-state index is -6.62. The predicted octanol–water partition coefficient (Wildman–Crippen LogP) is 9.91. The Morgan fingerprint density at radius 2 is 0.615 bits per heavy atom. The molecular weight excluding hydrogens is 942 g/mol. The predicted molar refractivity (Wildman–Crippen MR) is 170 cm³/mol. The van der Waals surface area contributed by atoms with Gasteiger partial charge in [0.25, 0.3) is 23.6 Å². The van der Waals surface area contributed by atoms with Gasteiger partial charge in [-0.05, 0) is 71.8 Å². The first-order valence-corrected chi connectivity index (χ1v) is 16.7. The Morgan fingerprint density at radius 1 is 0.354 bits per heavy atom. The second-order valence-electron chi connectivity index (χ2n) is 13.4. The van der Waals surface area contributed by atoms with E-state index in [1.165, 1.54) is 0 Å². The van der Waals surface area contributed by atoms with Gasteiger partial charge in [0.2, 0.25) is 5.41 Å². The zero-order chi connectivity index (χ0) is 48.9. The summed E-state index contributed by atoms with van der Waals surface area (Å²) in [6.45, 7) is 0. The van der Waals surface area contributed by atoms with Gasteiger partial charge >= 0.3 is 49.0 Å². The molecule has 0 aromatic heterocycles. The summed E-state index contributed by atoms with van der Waals surface area (Å²) in [4.78, 5) is 86.5. The fraction of sp³-hybridized carbons (Fsp3) is 0.189. The number of fused-ring (bicyclic) bond motifs is 2. The molecule has 0 radical (unpaired) electrons. The molecule has 0 saturated heterocycles. The van der Waals surface area contributed by atoms with E-state index in [9.17, 15) is 81.5 Å². The van der Waals surface area contributed by atoms with Gasteiger partial charge in [0.1, 0.15) is 0 Å². The Morgan fingerprint density at radius 3 is 0.862 bits per heavy atom. The number of benzene rings is 4. The Balaban J connectivity index is 1.37. The number of carbonyl (C=O) groups is 6. The fourth-order valence-corrected chi connectivity index (χ4v) is 6.47. The van der Waals surface area contributed by atoms with Gasteiger partial charge in [-0.3, -0.25) is 19.2 Å². The SMILES string of the molecule is O=C(ON1C(=O)c2ccc(C(c3ccc4c(c3)C(=O)N(OC(=O)c3cc(C(F)(F)F)cc(C(F)(F)F)c3)C4=O)(C(F)(F)F)C(F)(F)F)cc2C1=O)c1cc(C(F)(F)F)cc(C(F)(F)F)c1. The van der Waals surface area contributed by atoms with Crippen molar-refractivity contribution in [2.45, 2.75) is 42.5 Å². The van der Waals surface area contributed by atoms with Crippen molar-refractivity contribution >= 4 is 35.6 Å². The van der Waals surface area contributed by atoms with Crippen LogP contribution in [0.25, 0.3) is 0 Å². The Kier molecular flexibility index (Phi) is 10.9. The summed E-state index contributed by atoms with van der Waals surface area (Å²) in [6, 6.07) is -2.01. The number of rotatable bonds is 6. The van der Waals surface area contributed by atoms with E-state index >= 15 is 26.3 Å². The molecule has 0 spiro atoms. The van der Waals surface area contributed by atoms with Crippen molar-refractivity contribution in [3.8, 4) is 0 Å². The van der Waals surface area contributed by atoms with E-state index in [1.807, 2.05) is 0 Å². The molecule has 2 aliphatic rings. The second-order valence-corrected chi connectivity index (χ2v) is 13.4. The molecule has 344 valence electrons. The van der Waals surface area contributed by atoms with E-state index < -0.39 is 167 Å². The number of imide groups is 2. The van der Waals surface area contributed by atoms with Gasteiger partial charge in [0, 0.05) is 0 Å². The third-order valence-electron chi connectivity index (χ3n) is 9.41. The van der Waals surface area contributed by atoms with Crippen molar-refractivity contribution in [1.82, 2.24) is 10.1 Å². The maximum atomic E-state index is 15.1. The van der Waals surface area contributed by atoms with Crippen LogP contribution in [0.4, 0.5) is 79.0 Å². The van der Waals surface area contributed by atoms with Gasteiger partial charge in [0.05, 0.1) is 55.6 Å². The largest absolute Gasteiger partial charge is 0.416 e. The molecule has 2 heterocycles. The molecule has 0 saturated carbocycles. The van der Waals surface area contributed by atoms with Crippen molar-refractivity contribution in [2.75, 3.05) is 0 Å². The van der Waals surface area contributed by atoms with Crippen LogP contribution in [0.2, 0.25) is 0 Å². The standard InChI is InChI=1S/C37H12F18N2O8/c38-32(39,40)17-5-13(6-18(9-17)33(41,42)43)29(62)64-56-25(58)21-3-1-15(11-23(21)27(56)60)31(36(50,51)52,37(53,54)55)16-2-4-22-24(12-16)28(61)57(26(22)59)65-30(63)14-7-19(34(44,45)46)10-20(8-14)35(47,48)49/h1-12H. The molecule has 0 aliphatic carbocycles. The van der Waals surface area contributed by atoms with E-state index in [0.29, 0.717) is 0 Å². The number of amides is 4. The zero-order valence-electron chi connectivity index (χ0n) is 30.4. The molecule has 6 rings (SSSR count). The molecule has 4 aromatic rings. The minimum absolute atomic E-state index is 0.0583. The first kappa shape index (κ1) is 47.3. The second kappa shape index (κ2) is 15.0. The summed E-state index contributed by atoms with van der Waals surface area (Å²) in [5.74, 6) is -12.5. The summed E-state index contributed by atoms with van der Waals surface area (Å²) in [6.07, 6.45) is -35.4. The number of hydrogen-bond acceptors (Lipinski definition) is 8. The average Bonchev–Trinajstić information content (AvgIpc) is 3.54. The van der Waals surface area contributed by atoms with Gasteiger partial charge in [-0.25, -0.2) is 9.59 Å². The smallest absolute Gasteiger partial charge is 0.324 e. The molecule has 2 aliphatic heterocycles. The van der Waals surface area contributed by atoms with Crippen LogP contribution in [0.1, 0.15) is 95.5 Å². The highest BCUT2D eigenvalue weighted by Gasteiger charge is 2.73. The lowest BCUT2D eigenvalue weighted by molar-refractivity contribution is -0.288. The number of hydroxylamine groups is 4. The maximum absolute atomic E-state index is 15.1. The zero-order valence-corrected chi connectivity index (χ0v) is 30.4. The highest BCUT2D eigenvalue weighted by Crippen LogP contribution is 2.57. The molecule has 0 unspecified atom stereocenters. The number of alkyl halides is 18. The van der Waals surface area contributed by atoms with E-state index in [0.717, 1.165) is 0 Å². The monoisotopic (exact) mass is 954 g/mol. The lowest BCUT2D eigenvalue weighted by Crippen LogP contribution is -2.55. The van der Waals surface area contributed by atoms with Crippen molar-refractivity contribution in [3.05, 3.63) is 140 Å². The van der Waals surface area contributed by atoms with Crippen LogP contribution in [0.15, 0.2) is 72.8 Å². The fourth-order valence-electron chi connectivity index (χ4n) is 6.47. The molecule has 0 bridgehead atoms. The summed E-state index contributed by atoms with van der Waals surface area (Å²) in [5, 5.41) is -1.40. The highest BCUT2D eigenvalue weighted by atomic mass is 19.4. The Hall–Kier alpha value is -7.16. The average molecular weight is 954 g/mol. The van der Waals surface area contributed by atoms with Gasteiger partial charge in [-0.2, -0.15) is 79.0 Å². The van der Waals surface area contributed by atoms with Gasteiger partial charge in [-0.15, -0.1) is 0 Å². The van der Waals surface area contributed by atoms with Crippen LogP contribution < -0.4 is 0 Å². The van der Waals surface area contributed by atoms with Crippen LogP contribution in [0, 0.1) is 0 Å². The van der Waals surface area contributed by atoms with Crippen LogP contribution in [-0.4, -0.2) is 58.0 Å². The normalized spacial score (nSPS) is 15.1. The molecule has 65 heavy (non-hydrogen) atoms. The van der Waals surface area contributed by atoms with Crippen LogP contribution in [0.5, 0.6) is 0 Å². The topological polar surface area (TPSA) is 127 Å². The minimum Gasteiger partial charge on any atom is -0.324 e. The summed E-state index contributed by atoms with van der Waals surface area (Å²) in [5.41, 5.74) is -26.2. The third kappa shape index (κ3) is 8.15. The van der Waals surface area contributed by atoms with E-state index in [-0.39, 0.29) is 60.7 Å². The summed E-state index contributed by atoms with van der Waals surface area (Å²) < 4.78 is 251. The van der Waals surface area contributed by atoms with Crippen LogP contribution in [-0.2, 0) is 39.8 Å². The van der Waals surface area contributed by atoms with Crippen molar-refractivity contribution in [1.29, 1.82) is 0 Å². The molecule has 4 amide bonds. The third-order valence-corrected chi connectivity index (χ3v) is 9.41. The van der Waals surface area contributed by atoms with Gasteiger partial charge < -0.3 is 9.68 Å².